The Balaban J connectivity index is 1.94. The molecule has 2 aromatic rings. The van der Waals surface area contributed by atoms with Gasteiger partial charge >= 0.3 is 0 Å². The number of rotatable bonds is 1. The molecule has 0 N–H and O–H groups in total. The van der Waals surface area contributed by atoms with Crippen molar-refractivity contribution in [2.24, 2.45) is 0 Å². The van der Waals surface area contributed by atoms with Crippen LogP contribution < -0.4 is 0 Å². The second kappa shape index (κ2) is 3.87. The molecule has 0 unspecified atom stereocenters. The summed E-state index contributed by atoms with van der Waals surface area (Å²) in [6.45, 7) is 2.30. The number of nitrogens with zero attached hydrogens (tertiary/aromatic N) is 4. The van der Waals surface area contributed by atoms with Crippen LogP contribution in [0.15, 0.2) is 24.3 Å². The van der Waals surface area contributed by atoms with Gasteiger partial charge in [0.15, 0.2) is 0 Å². The Morgan fingerprint density at radius 3 is 2.75 bits per heavy atom. The minimum atomic E-state index is 0.517. The fourth-order valence-electron chi connectivity index (χ4n) is 2.40. The van der Waals surface area contributed by atoms with E-state index in [0.29, 0.717) is 6.04 Å². The molecule has 1 aliphatic heterocycles. The minimum Gasteiger partial charge on any atom is -0.306 e. The van der Waals surface area contributed by atoms with Crippen LogP contribution in [0.25, 0.3) is 11.0 Å². The normalized spacial score (nSPS) is 19.3. The average Bonchev–Trinajstić information content (AvgIpc) is 2.74. The van der Waals surface area contributed by atoms with Gasteiger partial charge in [0.05, 0.1) is 11.6 Å². The van der Waals surface area contributed by atoms with E-state index in [9.17, 15) is 0 Å². The number of benzene rings is 1. The molecule has 2 heterocycles. The monoisotopic (exact) mass is 216 g/mol. The van der Waals surface area contributed by atoms with Crippen LogP contribution in [0.3, 0.4) is 0 Å². The van der Waals surface area contributed by atoms with Gasteiger partial charge in [-0.3, -0.25) is 0 Å². The molecule has 1 fully saturated rings. The summed E-state index contributed by atoms with van der Waals surface area (Å²) >= 11 is 0. The third kappa shape index (κ3) is 1.59. The summed E-state index contributed by atoms with van der Waals surface area (Å²) in [6, 6.07) is 8.71. The van der Waals surface area contributed by atoms with Crippen molar-refractivity contribution in [3.63, 3.8) is 0 Å². The molecule has 84 valence electrons. The highest BCUT2D eigenvalue weighted by molar-refractivity contribution is 5.73. The second-order valence-corrected chi connectivity index (χ2v) is 4.56. The molecule has 1 aromatic carbocycles. The Morgan fingerprint density at radius 2 is 1.94 bits per heavy atom. The Bertz CT molecular complexity index is 482. The van der Waals surface area contributed by atoms with Crippen molar-refractivity contribution in [3.8, 4) is 0 Å². The van der Waals surface area contributed by atoms with Crippen LogP contribution in [0.1, 0.15) is 18.9 Å². The van der Waals surface area contributed by atoms with E-state index in [2.05, 4.69) is 39.1 Å². The summed E-state index contributed by atoms with van der Waals surface area (Å²) in [7, 11) is 2.18. The maximum Gasteiger partial charge on any atom is 0.113 e. The van der Waals surface area contributed by atoms with Crippen molar-refractivity contribution in [3.05, 3.63) is 24.3 Å². The van der Waals surface area contributed by atoms with E-state index in [1.54, 1.807) is 0 Å². The van der Waals surface area contributed by atoms with Crippen LogP contribution in [0, 0.1) is 0 Å². The van der Waals surface area contributed by atoms with Crippen molar-refractivity contribution in [1.82, 2.24) is 19.9 Å². The maximum absolute atomic E-state index is 4.29. The Kier molecular flexibility index (Phi) is 2.36. The Labute approximate surface area is 94.9 Å². The van der Waals surface area contributed by atoms with Crippen LogP contribution in [-0.2, 0) is 0 Å². The molecule has 1 aliphatic rings. The van der Waals surface area contributed by atoms with Gasteiger partial charge in [0.25, 0.3) is 0 Å². The van der Waals surface area contributed by atoms with Crippen LogP contribution in [-0.4, -0.2) is 40.0 Å². The van der Waals surface area contributed by atoms with Gasteiger partial charge in [-0.1, -0.05) is 17.3 Å². The third-order valence-corrected chi connectivity index (χ3v) is 3.41. The van der Waals surface area contributed by atoms with Crippen molar-refractivity contribution >= 4 is 11.0 Å². The molecule has 1 aromatic heterocycles. The highest BCUT2D eigenvalue weighted by atomic mass is 15.4. The van der Waals surface area contributed by atoms with Gasteiger partial charge in [-0.05, 0) is 45.1 Å². The lowest BCUT2D eigenvalue weighted by Gasteiger charge is -2.28. The fourth-order valence-corrected chi connectivity index (χ4v) is 2.40. The summed E-state index contributed by atoms with van der Waals surface area (Å²) in [5.41, 5.74) is 2.17. The predicted octanol–water partition coefficient (Wildman–Crippen LogP) is 1.70. The maximum atomic E-state index is 4.29. The molecule has 1 saturated heterocycles. The molecule has 0 saturated carbocycles. The number of para-hydroxylation sites is 1. The van der Waals surface area contributed by atoms with Crippen molar-refractivity contribution in [2.45, 2.75) is 18.9 Å². The van der Waals surface area contributed by atoms with Crippen molar-refractivity contribution in [1.29, 1.82) is 0 Å². The summed E-state index contributed by atoms with van der Waals surface area (Å²) in [5.74, 6) is 0. The lowest BCUT2D eigenvalue weighted by molar-refractivity contribution is 0.213. The number of hydrogen-bond donors (Lipinski definition) is 0. The molecule has 0 amide bonds. The van der Waals surface area contributed by atoms with E-state index in [1.165, 1.54) is 12.8 Å². The summed E-state index contributed by atoms with van der Waals surface area (Å²) in [6.07, 6.45) is 2.34. The zero-order valence-corrected chi connectivity index (χ0v) is 9.50. The summed E-state index contributed by atoms with van der Waals surface area (Å²) in [5, 5.41) is 8.50. The highest BCUT2D eigenvalue weighted by Gasteiger charge is 2.20. The predicted molar refractivity (Wildman–Crippen MR) is 63.3 cm³/mol. The largest absolute Gasteiger partial charge is 0.306 e. The fraction of sp³-hybridized carbons (Fsp3) is 0.500. The van der Waals surface area contributed by atoms with Crippen LogP contribution in [0.2, 0.25) is 0 Å². The molecule has 0 aliphatic carbocycles. The first kappa shape index (κ1) is 9.78. The SMILES string of the molecule is CN1CCC(n2nnc3ccccc32)CC1. The zero-order chi connectivity index (χ0) is 11.0. The first-order chi connectivity index (χ1) is 7.84. The van der Waals surface area contributed by atoms with Gasteiger partial charge in [-0.2, -0.15) is 0 Å². The van der Waals surface area contributed by atoms with E-state index in [4.69, 9.17) is 0 Å². The molecule has 4 heteroatoms. The second-order valence-electron chi connectivity index (χ2n) is 4.56. The average molecular weight is 216 g/mol. The van der Waals surface area contributed by atoms with Gasteiger partial charge in [0.2, 0.25) is 0 Å². The van der Waals surface area contributed by atoms with E-state index in [-0.39, 0.29) is 0 Å². The van der Waals surface area contributed by atoms with E-state index >= 15 is 0 Å². The van der Waals surface area contributed by atoms with Gasteiger partial charge in [-0.15, -0.1) is 5.10 Å². The van der Waals surface area contributed by atoms with Crippen LogP contribution in [0.4, 0.5) is 0 Å². The van der Waals surface area contributed by atoms with Gasteiger partial charge in [0.1, 0.15) is 5.52 Å². The molecular weight excluding hydrogens is 200 g/mol. The molecule has 16 heavy (non-hydrogen) atoms. The minimum absolute atomic E-state index is 0.517. The lowest BCUT2D eigenvalue weighted by atomic mass is 10.1. The molecule has 3 rings (SSSR count). The molecule has 0 spiro atoms. The number of aromatic nitrogens is 3. The van der Waals surface area contributed by atoms with Crippen molar-refractivity contribution < 1.29 is 0 Å². The number of hydrogen-bond acceptors (Lipinski definition) is 3. The molecule has 0 bridgehead atoms. The van der Waals surface area contributed by atoms with Gasteiger partial charge in [0, 0.05) is 0 Å². The summed E-state index contributed by atoms with van der Waals surface area (Å²) in [4.78, 5) is 2.37. The van der Waals surface area contributed by atoms with Gasteiger partial charge < -0.3 is 4.90 Å². The van der Waals surface area contributed by atoms with E-state index in [1.807, 2.05) is 12.1 Å². The Morgan fingerprint density at radius 1 is 1.19 bits per heavy atom. The molecule has 0 atom stereocenters. The zero-order valence-electron chi connectivity index (χ0n) is 9.50. The molecule has 4 nitrogen and oxygen atoms in total. The van der Waals surface area contributed by atoms with Crippen molar-refractivity contribution in [2.75, 3.05) is 20.1 Å². The Hall–Kier alpha value is -1.42. The van der Waals surface area contributed by atoms with Gasteiger partial charge in [-0.25, -0.2) is 4.68 Å². The highest BCUT2D eigenvalue weighted by Crippen LogP contribution is 2.24. The van der Waals surface area contributed by atoms with E-state index in [0.717, 1.165) is 24.1 Å². The number of piperidine rings is 1. The topological polar surface area (TPSA) is 34.0 Å². The number of fused-ring (bicyclic) bond motifs is 1. The first-order valence-electron chi connectivity index (χ1n) is 5.83. The third-order valence-electron chi connectivity index (χ3n) is 3.41. The van der Waals surface area contributed by atoms with Crippen LogP contribution >= 0.6 is 0 Å². The summed E-state index contributed by atoms with van der Waals surface area (Å²) < 4.78 is 2.10. The number of likely N-dealkylation sites (tertiary alicyclic amines) is 1. The van der Waals surface area contributed by atoms with E-state index < -0.39 is 0 Å². The van der Waals surface area contributed by atoms with Crippen LogP contribution in [0.5, 0.6) is 0 Å². The lowest BCUT2D eigenvalue weighted by Crippen LogP contribution is -2.31. The quantitative estimate of drug-likeness (QED) is 0.727. The first-order valence-corrected chi connectivity index (χ1v) is 5.83. The standard InChI is InChI=1S/C12H16N4/c1-15-8-6-10(7-9-15)16-12-5-3-2-4-11(12)13-14-16/h2-5,10H,6-9H2,1H3. The molecule has 0 radical (unpaired) electrons. The molecular formula is C12H16N4. The smallest absolute Gasteiger partial charge is 0.113 e.